The molecule has 0 aliphatic rings. The summed E-state index contributed by atoms with van der Waals surface area (Å²) in [7, 11) is 1.77. The van der Waals surface area contributed by atoms with Gasteiger partial charge in [0.25, 0.3) is 0 Å². The van der Waals surface area contributed by atoms with E-state index < -0.39 is 0 Å². The van der Waals surface area contributed by atoms with Crippen LogP contribution in [-0.2, 0) is 0 Å². The highest BCUT2D eigenvalue weighted by atomic mass is 16.5. The average Bonchev–Trinajstić information content (AvgIpc) is 2.14. The maximum absolute atomic E-state index is 5.46. The minimum absolute atomic E-state index is 0.220. The van der Waals surface area contributed by atoms with E-state index in [0.29, 0.717) is 18.3 Å². The van der Waals surface area contributed by atoms with Gasteiger partial charge in [-0.05, 0) is 6.42 Å². The summed E-state index contributed by atoms with van der Waals surface area (Å²) in [5.41, 5.74) is 5.46. The fourth-order valence-corrected chi connectivity index (χ4v) is 0.851. The number of nitrogens with one attached hydrogen (secondary N) is 1. The molecule has 5 nitrogen and oxygen atoms in total. The first-order chi connectivity index (χ1) is 6.26. The summed E-state index contributed by atoms with van der Waals surface area (Å²) in [4.78, 5) is 7.86. The Morgan fingerprint density at radius 1 is 1.54 bits per heavy atom. The summed E-state index contributed by atoms with van der Waals surface area (Å²) in [5.74, 6) is 1.40. The molecule has 0 aliphatic heterocycles. The van der Waals surface area contributed by atoms with Gasteiger partial charge >= 0.3 is 0 Å². The highest BCUT2D eigenvalue weighted by Crippen LogP contribution is 2.13. The van der Waals surface area contributed by atoms with Crippen molar-refractivity contribution in [2.45, 2.75) is 13.3 Å². The van der Waals surface area contributed by atoms with Gasteiger partial charge in [-0.1, -0.05) is 6.92 Å². The Kier molecular flexibility index (Phi) is 3.31. The molecule has 0 bridgehead atoms. The van der Waals surface area contributed by atoms with Crippen LogP contribution in [0.2, 0.25) is 0 Å². The monoisotopic (exact) mass is 182 g/mol. The predicted octanol–water partition coefficient (Wildman–Crippen LogP) is 0.889. The topological polar surface area (TPSA) is 73.1 Å². The van der Waals surface area contributed by atoms with Crippen molar-refractivity contribution in [2.75, 3.05) is 24.7 Å². The SMILES string of the molecule is CCCOc1cc(NC)nc(N)n1. The van der Waals surface area contributed by atoms with Crippen molar-refractivity contribution >= 4 is 11.8 Å². The second kappa shape index (κ2) is 4.49. The molecule has 0 saturated heterocycles. The van der Waals surface area contributed by atoms with Crippen molar-refractivity contribution in [3.8, 4) is 5.88 Å². The van der Waals surface area contributed by atoms with Crippen LogP contribution < -0.4 is 15.8 Å². The van der Waals surface area contributed by atoms with E-state index in [9.17, 15) is 0 Å². The summed E-state index contributed by atoms with van der Waals surface area (Å²) in [6, 6.07) is 1.71. The van der Waals surface area contributed by atoms with Crippen LogP contribution in [0, 0.1) is 0 Å². The molecule has 3 N–H and O–H groups in total. The lowest BCUT2D eigenvalue weighted by Gasteiger charge is -2.05. The van der Waals surface area contributed by atoms with Gasteiger partial charge in [0.05, 0.1) is 6.61 Å². The van der Waals surface area contributed by atoms with Crippen molar-refractivity contribution in [1.82, 2.24) is 9.97 Å². The molecule has 0 aliphatic carbocycles. The Morgan fingerprint density at radius 3 is 2.92 bits per heavy atom. The largest absolute Gasteiger partial charge is 0.477 e. The van der Waals surface area contributed by atoms with E-state index in [-0.39, 0.29) is 5.95 Å². The summed E-state index contributed by atoms with van der Waals surface area (Å²) >= 11 is 0. The third-order valence-corrected chi connectivity index (χ3v) is 1.43. The van der Waals surface area contributed by atoms with Crippen LogP contribution in [-0.4, -0.2) is 23.6 Å². The van der Waals surface area contributed by atoms with Gasteiger partial charge in [-0.25, -0.2) is 0 Å². The van der Waals surface area contributed by atoms with Gasteiger partial charge in [-0.15, -0.1) is 0 Å². The summed E-state index contributed by atoms with van der Waals surface area (Å²) in [5, 5.41) is 2.87. The fourth-order valence-electron chi connectivity index (χ4n) is 0.851. The Balaban J connectivity index is 2.76. The smallest absolute Gasteiger partial charge is 0.225 e. The molecule has 0 unspecified atom stereocenters. The quantitative estimate of drug-likeness (QED) is 0.723. The number of ether oxygens (including phenoxy) is 1. The fraction of sp³-hybridized carbons (Fsp3) is 0.500. The van der Waals surface area contributed by atoms with E-state index in [0.717, 1.165) is 6.42 Å². The van der Waals surface area contributed by atoms with Crippen LogP contribution in [0.4, 0.5) is 11.8 Å². The molecule has 1 rings (SSSR count). The highest BCUT2D eigenvalue weighted by molar-refractivity contribution is 5.41. The Labute approximate surface area is 77.3 Å². The van der Waals surface area contributed by atoms with E-state index in [1.165, 1.54) is 0 Å². The van der Waals surface area contributed by atoms with Crippen molar-refractivity contribution in [3.05, 3.63) is 6.07 Å². The normalized spacial score (nSPS) is 9.69. The third kappa shape index (κ3) is 2.77. The van der Waals surface area contributed by atoms with Gasteiger partial charge in [0.1, 0.15) is 5.82 Å². The molecule has 0 fully saturated rings. The molecule has 0 atom stereocenters. The number of hydrogen-bond donors (Lipinski definition) is 2. The molecule has 0 amide bonds. The molecule has 0 radical (unpaired) electrons. The molecule has 5 heteroatoms. The molecule has 0 aromatic carbocycles. The van der Waals surface area contributed by atoms with E-state index >= 15 is 0 Å². The van der Waals surface area contributed by atoms with Crippen LogP contribution in [0.3, 0.4) is 0 Å². The second-order valence-corrected chi connectivity index (χ2v) is 2.55. The second-order valence-electron chi connectivity index (χ2n) is 2.55. The predicted molar refractivity (Wildman–Crippen MR) is 51.8 cm³/mol. The number of nitrogens with zero attached hydrogens (tertiary/aromatic N) is 2. The summed E-state index contributed by atoms with van der Waals surface area (Å²) in [6.45, 7) is 2.67. The number of nitrogens with two attached hydrogens (primary N) is 1. The number of hydrogen-bond acceptors (Lipinski definition) is 5. The van der Waals surface area contributed by atoms with Gasteiger partial charge in [-0.2, -0.15) is 9.97 Å². The van der Waals surface area contributed by atoms with Crippen molar-refractivity contribution < 1.29 is 4.74 Å². The Morgan fingerprint density at radius 2 is 2.31 bits per heavy atom. The van der Waals surface area contributed by atoms with Crippen LogP contribution in [0.15, 0.2) is 6.07 Å². The van der Waals surface area contributed by atoms with E-state index in [1.807, 2.05) is 6.92 Å². The van der Waals surface area contributed by atoms with Crippen LogP contribution >= 0.6 is 0 Å². The first-order valence-electron chi connectivity index (χ1n) is 4.21. The standard InChI is InChI=1S/C8H14N4O/c1-3-4-13-7-5-6(10-2)11-8(9)12-7/h5H,3-4H2,1-2H3,(H3,9,10,11,12). The summed E-state index contributed by atoms with van der Waals surface area (Å²) in [6.07, 6.45) is 0.943. The number of anilines is 2. The average molecular weight is 182 g/mol. The maximum atomic E-state index is 5.46. The lowest BCUT2D eigenvalue weighted by Crippen LogP contribution is -2.04. The van der Waals surface area contributed by atoms with Gasteiger partial charge in [0, 0.05) is 13.1 Å². The van der Waals surface area contributed by atoms with E-state index in [2.05, 4.69) is 15.3 Å². The molecule has 1 aromatic heterocycles. The molecule has 0 spiro atoms. The zero-order chi connectivity index (χ0) is 9.68. The number of nitrogen functional groups attached to an aromatic ring is 1. The molecule has 1 heterocycles. The number of aromatic nitrogens is 2. The van der Waals surface area contributed by atoms with E-state index in [1.54, 1.807) is 13.1 Å². The van der Waals surface area contributed by atoms with Crippen LogP contribution in [0.5, 0.6) is 5.88 Å². The first kappa shape index (κ1) is 9.57. The molecular weight excluding hydrogens is 168 g/mol. The van der Waals surface area contributed by atoms with Gasteiger partial charge in [0.15, 0.2) is 0 Å². The van der Waals surface area contributed by atoms with Crippen molar-refractivity contribution in [3.63, 3.8) is 0 Å². The lowest BCUT2D eigenvalue weighted by molar-refractivity contribution is 0.305. The van der Waals surface area contributed by atoms with Crippen LogP contribution in [0.1, 0.15) is 13.3 Å². The van der Waals surface area contributed by atoms with Gasteiger partial charge in [0.2, 0.25) is 11.8 Å². The first-order valence-corrected chi connectivity index (χ1v) is 4.21. The lowest BCUT2D eigenvalue weighted by atomic mass is 10.5. The Bertz CT molecular complexity index is 277. The molecular formula is C8H14N4O. The minimum Gasteiger partial charge on any atom is -0.477 e. The van der Waals surface area contributed by atoms with E-state index in [4.69, 9.17) is 10.5 Å². The number of rotatable bonds is 4. The summed E-state index contributed by atoms with van der Waals surface area (Å²) < 4.78 is 5.31. The maximum Gasteiger partial charge on any atom is 0.225 e. The van der Waals surface area contributed by atoms with Gasteiger partial charge in [-0.3, -0.25) is 0 Å². The third-order valence-electron chi connectivity index (χ3n) is 1.43. The molecule has 13 heavy (non-hydrogen) atoms. The highest BCUT2D eigenvalue weighted by Gasteiger charge is 2.00. The van der Waals surface area contributed by atoms with Gasteiger partial charge < -0.3 is 15.8 Å². The molecule has 1 aromatic rings. The minimum atomic E-state index is 0.220. The Hall–Kier alpha value is -1.52. The van der Waals surface area contributed by atoms with Crippen molar-refractivity contribution in [1.29, 1.82) is 0 Å². The molecule has 72 valence electrons. The molecule has 0 saturated carbocycles. The van der Waals surface area contributed by atoms with Crippen molar-refractivity contribution in [2.24, 2.45) is 0 Å². The van der Waals surface area contributed by atoms with Crippen LogP contribution in [0.25, 0.3) is 0 Å². The zero-order valence-electron chi connectivity index (χ0n) is 7.87. The zero-order valence-corrected chi connectivity index (χ0v) is 7.87.